The predicted molar refractivity (Wildman–Crippen MR) is 121 cm³/mol. The van der Waals surface area contributed by atoms with E-state index in [1.54, 1.807) is 9.47 Å². The van der Waals surface area contributed by atoms with Gasteiger partial charge in [0.1, 0.15) is 17.9 Å². The lowest BCUT2D eigenvalue weighted by molar-refractivity contribution is -0.116. The molecule has 1 aliphatic carbocycles. The summed E-state index contributed by atoms with van der Waals surface area (Å²) in [5.74, 6) is -1.22. The number of rotatable bonds is 5. The van der Waals surface area contributed by atoms with Crippen LogP contribution in [0.2, 0.25) is 0 Å². The van der Waals surface area contributed by atoms with Crippen LogP contribution in [0.3, 0.4) is 0 Å². The smallest absolute Gasteiger partial charge is 0.280 e. The van der Waals surface area contributed by atoms with E-state index < -0.39 is 11.7 Å². The number of hydrogen-bond donors (Lipinski definition) is 1. The van der Waals surface area contributed by atoms with Crippen molar-refractivity contribution in [2.45, 2.75) is 71.0 Å². The molecule has 1 fully saturated rings. The zero-order valence-corrected chi connectivity index (χ0v) is 19.1. The molecule has 1 N–H and O–H groups in total. The van der Waals surface area contributed by atoms with E-state index in [0.29, 0.717) is 11.2 Å². The van der Waals surface area contributed by atoms with Gasteiger partial charge in [-0.2, -0.15) is 9.61 Å². The molecule has 0 aromatic carbocycles. The van der Waals surface area contributed by atoms with Crippen LogP contribution in [0.4, 0.5) is 10.3 Å². The van der Waals surface area contributed by atoms with Crippen molar-refractivity contribution in [1.82, 2.24) is 29.0 Å². The quantitative estimate of drug-likeness (QED) is 0.617. The van der Waals surface area contributed by atoms with Crippen LogP contribution in [-0.2, 0) is 17.9 Å². The van der Waals surface area contributed by atoms with E-state index in [9.17, 15) is 18.8 Å². The molecule has 0 bridgehead atoms. The summed E-state index contributed by atoms with van der Waals surface area (Å²) in [6, 6.07) is 1.71. The number of amides is 2. The molecular formula is C23H26FN7O3. The number of carbonyl (C=O) groups excluding carboxylic acids is 2. The Hall–Kier alpha value is -3.63. The second-order valence-corrected chi connectivity index (χ2v) is 9.19. The molecule has 3 aromatic heterocycles. The van der Waals surface area contributed by atoms with Crippen LogP contribution in [-0.4, -0.2) is 46.9 Å². The Bertz CT molecular complexity index is 1320. The van der Waals surface area contributed by atoms with E-state index in [0.717, 1.165) is 43.8 Å². The Morgan fingerprint density at radius 1 is 1.18 bits per heavy atom. The second-order valence-electron chi connectivity index (χ2n) is 9.19. The normalized spacial score (nSPS) is 16.5. The van der Waals surface area contributed by atoms with Crippen molar-refractivity contribution in [2.24, 2.45) is 0 Å². The Morgan fingerprint density at radius 3 is 2.56 bits per heavy atom. The average Bonchev–Trinajstić information content (AvgIpc) is 3.42. The molecular weight excluding hydrogens is 441 g/mol. The maximum atomic E-state index is 13.3. The summed E-state index contributed by atoms with van der Waals surface area (Å²) >= 11 is 0. The first-order valence-corrected chi connectivity index (χ1v) is 11.6. The fourth-order valence-electron chi connectivity index (χ4n) is 4.86. The highest BCUT2D eigenvalue weighted by atomic mass is 19.1. The van der Waals surface area contributed by atoms with Gasteiger partial charge in [0, 0.05) is 18.0 Å². The molecule has 10 nitrogen and oxygen atoms in total. The Morgan fingerprint density at radius 2 is 1.88 bits per heavy atom. The first-order valence-electron chi connectivity index (χ1n) is 11.6. The van der Waals surface area contributed by atoms with E-state index in [-0.39, 0.29) is 48.2 Å². The predicted octanol–water partition coefficient (Wildman–Crippen LogP) is 2.48. The Kier molecular flexibility index (Phi) is 5.62. The van der Waals surface area contributed by atoms with Crippen molar-refractivity contribution in [1.29, 1.82) is 0 Å². The molecule has 4 heterocycles. The third-order valence-corrected chi connectivity index (χ3v) is 6.60. The van der Waals surface area contributed by atoms with Crippen molar-refractivity contribution in [2.75, 3.05) is 5.32 Å². The summed E-state index contributed by atoms with van der Waals surface area (Å²) in [6.07, 6.45) is 7.32. The first-order chi connectivity index (χ1) is 16.3. The van der Waals surface area contributed by atoms with Crippen molar-refractivity contribution in [3.8, 4) is 0 Å². The minimum Gasteiger partial charge on any atom is -0.330 e. The molecule has 0 saturated heterocycles. The molecule has 34 heavy (non-hydrogen) atoms. The van der Waals surface area contributed by atoms with Crippen molar-refractivity contribution in [3.63, 3.8) is 0 Å². The van der Waals surface area contributed by atoms with Crippen molar-refractivity contribution < 1.29 is 14.0 Å². The SMILES string of the molecule is CC(C)N1Cc2c(n(CC(=O)Nc3ncc(F)cn3)c3cc(C4CCCCC4)nn3c2=O)C1=O. The monoisotopic (exact) mass is 467 g/mol. The maximum Gasteiger partial charge on any atom is 0.280 e. The highest BCUT2D eigenvalue weighted by Crippen LogP contribution is 2.33. The number of hydrogen-bond acceptors (Lipinski definition) is 6. The maximum absolute atomic E-state index is 13.3. The number of aromatic nitrogens is 5. The zero-order valence-electron chi connectivity index (χ0n) is 19.1. The molecule has 3 aromatic rings. The molecule has 0 atom stereocenters. The largest absolute Gasteiger partial charge is 0.330 e. The van der Waals surface area contributed by atoms with Crippen LogP contribution >= 0.6 is 0 Å². The molecule has 2 aliphatic rings. The first kappa shape index (κ1) is 22.2. The van der Waals surface area contributed by atoms with Gasteiger partial charge in [0.05, 0.1) is 30.2 Å². The molecule has 1 aliphatic heterocycles. The van der Waals surface area contributed by atoms with Crippen LogP contribution in [0.25, 0.3) is 5.65 Å². The van der Waals surface area contributed by atoms with Gasteiger partial charge in [0.2, 0.25) is 11.9 Å². The lowest BCUT2D eigenvalue weighted by Crippen LogP contribution is -2.32. The summed E-state index contributed by atoms with van der Waals surface area (Å²) < 4.78 is 16.0. The van der Waals surface area contributed by atoms with E-state index in [2.05, 4.69) is 20.4 Å². The molecule has 5 rings (SSSR count). The lowest BCUT2D eigenvalue weighted by Gasteiger charge is -2.20. The Labute approximate surface area is 194 Å². The molecule has 178 valence electrons. The van der Waals surface area contributed by atoms with E-state index >= 15 is 0 Å². The number of halogens is 1. The molecule has 0 spiro atoms. The van der Waals surface area contributed by atoms with Gasteiger partial charge in [-0.25, -0.2) is 14.4 Å². The second kappa shape index (κ2) is 8.62. The van der Waals surface area contributed by atoms with E-state index in [4.69, 9.17) is 0 Å². The van der Waals surface area contributed by atoms with E-state index in [1.165, 1.54) is 10.9 Å². The van der Waals surface area contributed by atoms with Gasteiger partial charge in [-0.05, 0) is 26.7 Å². The van der Waals surface area contributed by atoms with Gasteiger partial charge in [-0.1, -0.05) is 19.3 Å². The van der Waals surface area contributed by atoms with Crippen LogP contribution in [0.1, 0.15) is 73.6 Å². The fourth-order valence-corrected chi connectivity index (χ4v) is 4.86. The number of fused-ring (bicyclic) bond motifs is 2. The summed E-state index contributed by atoms with van der Waals surface area (Å²) in [5.41, 5.74) is 1.41. The number of anilines is 1. The molecule has 0 unspecified atom stereocenters. The molecule has 11 heteroatoms. The van der Waals surface area contributed by atoms with Crippen LogP contribution in [0, 0.1) is 5.82 Å². The Balaban J connectivity index is 1.59. The summed E-state index contributed by atoms with van der Waals surface area (Å²) in [4.78, 5) is 48.6. The fraction of sp³-hybridized carbons (Fsp3) is 0.478. The summed E-state index contributed by atoms with van der Waals surface area (Å²) in [6.45, 7) is 3.68. The third kappa shape index (κ3) is 3.84. The number of nitrogens with one attached hydrogen (secondary N) is 1. The third-order valence-electron chi connectivity index (χ3n) is 6.60. The van der Waals surface area contributed by atoms with Gasteiger partial charge in [0.15, 0.2) is 5.82 Å². The van der Waals surface area contributed by atoms with Gasteiger partial charge < -0.3 is 9.47 Å². The number of carbonyl (C=O) groups is 2. The van der Waals surface area contributed by atoms with Crippen LogP contribution in [0.5, 0.6) is 0 Å². The van der Waals surface area contributed by atoms with Crippen molar-refractivity contribution >= 4 is 23.4 Å². The molecule has 2 amide bonds. The lowest BCUT2D eigenvalue weighted by atomic mass is 9.87. The van der Waals surface area contributed by atoms with Gasteiger partial charge >= 0.3 is 0 Å². The highest BCUT2D eigenvalue weighted by Gasteiger charge is 2.36. The number of nitrogens with zero attached hydrogens (tertiary/aromatic N) is 6. The standard InChI is InChI=1S/C23H26FN7O3/c1-13(2)29-11-16-20(22(29)34)30(12-18(32)27-23-25-9-15(24)10-26-23)19-8-17(28-31(19)21(16)33)14-6-4-3-5-7-14/h8-10,13-14H,3-7,11-12H2,1-2H3,(H,25,26,27,32). The van der Waals surface area contributed by atoms with Crippen LogP contribution < -0.4 is 10.9 Å². The van der Waals surface area contributed by atoms with Crippen LogP contribution in [0.15, 0.2) is 23.3 Å². The van der Waals surface area contributed by atoms with Crippen molar-refractivity contribution in [3.05, 3.63) is 51.6 Å². The molecule has 0 radical (unpaired) electrons. The van der Waals surface area contributed by atoms with E-state index in [1.807, 2.05) is 19.9 Å². The topological polar surface area (TPSA) is 114 Å². The minimum absolute atomic E-state index is 0.0494. The summed E-state index contributed by atoms with van der Waals surface area (Å²) in [5, 5.41) is 7.15. The highest BCUT2D eigenvalue weighted by molar-refractivity contribution is 5.98. The zero-order chi connectivity index (χ0) is 24.0. The molecule has 1 saturated carbocycles. The van der Waals surface area contributed by atoms with Gasteiger partial charge in [-0.15, -0.1) is 0 Å². The summed E-state index contributed by atoms with van der Waals surface area (Å²) in [7, 11) is 0. The minimum atomic E-state index is -0.619. The van der Waals surface area contributed by atoms with Gasteiger partial charge in [0.25, 0.3) is 11.5 Å². The average molecular weight is 468 g/mol. The van der Waals surface area contributed by atoms with Gasteiger partial charge in [-0.3, -0.25) is 19.7 Å².